The first kappa shape index (κ1) is 24.9. The van der Waals surface area contributed by atoms with Crippen LogP contribution >= 0.6 is 15.9 Å². The van der Waals surface area contributed by atoms with Crippen molar-refractivity contribution in [2.75, 3.05) is 6.54 Å². The average Bonchev–Trinajstić information content (AvgIpc) is 2.76. The standard InChI is InChI=1S/C27H40BrNO/c1-2-3-4-5-6-7-8-9-10-11-12-13-14-17-20-29-27(30)24-21-23-18-15-16-19-25(23)26(28)22-24/h15-16,18-19,21-22H,2-14,17,20H2,1H3,(H,29,30). The van der Waals surface area contributed by atoms with Gasteiger partial charge < -0.3 is 5.32 Å². The molecule has 0 bridgehead atoms. The van der Waals surface area contributed by atoms with Gasteiger partial charge in [-0.25, -0.2) is 0 Å². The van der Waals surface area contributed by atoms with Crippen LogP contribution in [0.4, 0.5) is 0 Å². The van der Waals surface area contributed by atoms with E-state index in [4.69, 9.17) is 0 Å². The molecule has 0 saturated heterocycles. The van der Waals surface area contributed by atoms with Crippen LogP contribution in [-0.4, -0.2) is 12.5 Å². The highest BCUT2D eigenvalue weighted by molar-refractivity contribution is 9.10. The summed E-state index contributed by atoms with van der Waals surface area (Å²) in [4.78, 5) is 12.4. The van der Waals surface area contributed by atoms with Crippen LogP contribution in [0.3, 0.4) is 0 Å². The van der Waals surface area contributed by atoms with Crippen molar-refractivity contribution in [2.45, 2.75) is 96.8 Å². The van der Waals surface area contributed by atoms with Crippen LogP contribution in [0.15, 0.2) is 40.9 Å². The van der Waals surface area contributed by atoms with Crippen LogP contribution < -0.4 is 5.32 Å². The molecule has 0 atom stereocenters. The summed E-state index contributed by atoms with van der Waals surface area (Å²) in [5.41, 5.74) is 0.728. The van der Waals surface area contributed by atoms with E-state index < -0.39 is 0 Å². The summed E-state index contributed by atoms with van der Waals surface area (Å²) in [5.74, 6) is 0.0242. The highest BCUT2D eigenvalue weighted by atomic mass is 79.9. The van der Waals surface area contributed by atoms with E-state index in [1.165, 1.54) is 83.5 Å². The SMILES string of the molecule is CCCCCCCCCCCCCCCCNC(=O)c1cc(Br)c2ccccc2c1. The number of unbranched alkanes of at least 4 members (excludes halogenated alkanes) is 13. The number of hydrogen-bond donors (Lipinski definition) is 1. The van der Waals surface area contributed by atoms with E-state index >= 15 is 0 Å². The van der Waals surface area contributed by atoms with Crippen LogP contribution in [0.25, 0.3) is 10.8 Å². The summed E-state index contributed by atoms with van der Waals surface area (Å²) < 4.78 is 0.974. The second-order valence-corrected chi connectivity index (χ2v) is 9.39. The molecule has 0 aliphatic rings. The van der Waals surface area contributed by atoms with Crippen LogP contribution in [0, 0.1) is 0 Å². The van der Waals surface area contributed by atoms with Gasteiger partial charge in [0.15, 0.2) is 0 Å². The van der Waals surface area contributed by atoms with Crippen molar-refractivity contribution in [3.8, 4) is 0 Å². The maximum absolute atomic E-state index is 12.4. The molecule has 0 heterocycles. The van der Waals surface area contributed by atoms with E-state index in [-0.39, 0.29) is 5.91 Å². The Labute approximate surface area is 192 Å². The van der Waals surface area contributed by atoms with Gasteiger partial charge in [-0.2, -0.15) is 0 Å². The lowest BCUT2D eigenvalue weighted by molar-refractivity contribution is 0.0953. The van der Waals surface area contributed by atoms with E-state index in [1.807, 2.05) is 30.3 Å². The summed E-state index contributed by atoms with van der Waals surface area (Å²) in [7, 11) is 0. The Morgan fingerprint density at radius 3 is 1.90 bits per heavy atom. The topological polar surface area (TPSA) is 29.1 Å². The molecule has 2 aromatic rings. The lowest BCUT2D eigenvalue weighted by Crippen LogP contribution is -2.24. The van der Waals surface area contributed by atoms with Crippen molar-refractivity contribution in [1.29, 1.82) is 0 Å². The molecule has 0 aromatic heterocycles. The second-order valence-electron chi connectivity index (χ2n) is 8.53. The first-order valence-electron chi connectivity index (χ1n) is 12.2. The van der Waals surface area contributed by atoms with Gasteiger partial charge in [0.25, 0.3) is 5.91 Å². The Morgan fingerprint density at radius 1 is 0.767 bits per heavy atom. The minimum Gasteiger partial charge on any atom is -0.352 e. The molecule has 30 heavy (non-hydrogen) atoms. The van der Waals surface area contributed by atoms with Gasteiger partial charge in [0.1, 0.15) is 0 Å². The lowest BCUT2D eigenvalue weighted by atomic mass is 10.0. The van der Waals surface area contributed by atoms with Gasteiger partial charge in [-0.1, -0.05) is 131 Å². The highest BCUT2D eigenvalue weighted by Gasteiger charge is 2.08. The summed E-state index contributed by atoms with van der Waals surface area (Å²) in [5, 5.41) is 5.31. The van der Waals surface area contributed by atoms with E-state index in [0.29, 0.717) is 0 Å². The molecule has 1 N–H and O–H groups in total. The number of fused-ring (bicyclic) bond motifs is 1. The van der Waals surface area contributed by atoms with Gasteiger partial charge in [0, 0.05) is 16.6 Å². The predicted octanol–water partition coefficient (Wildman–Crippen LogP) is 8.81. The highest BCUT2D eigenvalue weighted by Crippen LogP contribution is 2.25. The van der Waals surface area contributed by atoms with Crippen molar-refractivity contribution in [1.82, 2.24) is 5.32 Å². The summed E-state index contributed by atoms with van der Waals surface area (Å²) in [6.07, 6.45) is 19.0. The van der Waals surface area contributed by atoms with Crippen molar-refractivity contribution >= 4 is 32.6 Å². The van der Waals surface area contributed by atoms with Crippen LogP contribution in [0.2, 0.25) is 0 Å². The molecule has 2 nitrogen and oxygen atoms in total. The molecule has 0 aliphatic carbocycles. The molecular weight excluding hydrogens is 434 g/mol. The van der Waals surface area contributed by atoms with Crippen LogP contribution in [0.5, 0.6) is 0 Å². The Morgan fingerprint density at radius 2 is 1.30 bits per heavy atom. The lowest BCUT2D eigenvalue weighted by Gasteiger charge is -2.08. The minimum absolute atomic E-state index is 0.0242. The number of hydrogen-bond acceptors (Lipinski definition) is 1. The summed E-state index contributed by atoms with van der Waals surface area (Å²) >= 11 is 3.59. The number of carbonyl (C=O) groups excluding carboxylic acids is 1. The van der Waals surface area contributed by atoms with Crippen LogP contribution in [0.1, 0.15) is 107 Å². The van der Waals surface area contributed by atoms with Crippen molar-refractivity contribution in [2.24, 2.45) is 0 Å². The average molecular weight is 475 g/mol. The molecule has 0 unspecified atom stereocenters. The van der Waals surface area contributed by atoms with E-state index in [0.717, 1.165) is 33.8 Å². The summed E-state index contributed by atoms with van der Waals surface area (Å²) in [6, 6.07) is 12.0. The number of halogens is 1. The smallest absolute Gasteiger partial charge is 0.251 e. The molecule has 0 spiro atoms. The zero-order valence-corrected chi connectivity index (χ0v) is 20.4. The number of amides is 1. The molecule has 0 fully saturated rings. The van der Waals surface area contributed by atoms with Gasteiger partial charge in [0.2, 0.25) is 0 Å². The zero-order chi connectivity index (χ0) is 21.4. The predicted molar refractivity (Wildman–Crippen MR) is 134 cm³/mol. The quantitative estimate of drug-likeness (QED) is 0.242. The fraction of sp³-hybridized carbons (Fsp3) is 0.593. The Bertz CT molecular complexity index is 743. The zero-order valence-electron chi connectivity index (χ0n) is 18.9. The van der Waals surface area contributed by atoms with Gasteiger partial charge in [-0.3, -0.25) is 4.79 Å². The minimum atomic E-state index is 0.0242. The fourth-order valence-electron chi connectivity index (χ4n) is 4.02. The van der Waals surface area contributed by atoms with Crippen LogP contribution in [-0.2, 0) is 0 Å². The van der Waals surface area contributed by atoms with Crippen molar-refractivity contribution in [3.63, 3.8) is 0 Å². The molecule has 3 heteroatoms. The van der Waals surface area contributed by atoms with E-state index in [9.17, 15) is 4.79 Å². The molecule has 0 radical (unpaired) electrons. The monoisotopic (exact) mass is 473 g/mol. The molecule has 1 amide bonds. The Balaban J connectivity index is 1.46. The molecule has 2 aromatic carbocycles. The van der Waals surface area contributed by atoms with E-state index in [1.54, 1.807) is 0 Å². The maximum Gasteiger partial charge on any atom is 0.251 e. The van der Waals surface area contributed by atoms with Gasteiger partial charge in [-0.05, 0) is 29.3 Å². The first-order valence-corrected chi connectivity index (χ1v) is 13.0. The van der Waals surface area contributed by atoms with Gasteiger partial charge in [-0.15, -0.1) is 0 Å². The van der Waals surface area contributed by atoms with E-state index in [2.05, 4.69) is 34.2 Å². The molecule has 0 aliphatic heterocycles. The van der Waals surface area contributed by atoms with Gasteiger partial charge >= 0.3 is 0 Å². The number of rotatable bonds is 16. The Hall–Kier alpha value is -1.35. The molecule has 0 saturated carbocycles. The second kappa shape index (κ2) is 15.5. The normalized spacial score (nSPS) is 11.1. The third-order valence-electron chi connectivity index (χ3n) is 5.89. The number of benzene rings is 2. The molecular formula is C27H40BrNO. The van der Waals surface area contributed by atoms with Crippen molar-refractivity contribution in [3.05, 3.63) is 46.4 Å². The number of nitrogens with one attached hydrogen (secondary N) is 1. The molecule has 2 rings (SSSR count). The first-order chi connectivity index (χ1) is 14.7. The largest absolute Gasteiger partial charge is 0.352 e. The third-order valence-corrected chi connectivity index (χ3v) is 6.55. The maximum atomic E-state index is 12.4. The van der Waals surface area contributed by atoms with Gasteiger partial charge in [0.05, 0.1) is 0 Å². The Kier molecular flexibility index (Phi) is 12.8. The number of carbonyl (C=O) groups is 1. The summed E-state index contributed by atoms with van der Waals surface area (Å²) in [6.45, 7) is 3.04. The fourth-order valence-corrected chi connectivity index (χ4v) is 4.63. The third kappa shape index (κ3) is 9.64. The van der Waals surface area contributed by atoms with Crippen molar-refractivity contribution < 1.29 is 4.79 Å². The molecule has 166 valence electrons.